The Morgan fingerprint density at radius 1 is 0.938 bits per heavy atom. The van der Waals surface area contributed by atoms with Crippen molar-refractivity contribution in [3.8, 4) is 0 Å². The van der Waals surface area contributed by atoms with E-state index in [9.17, 15) is 0 Å². The molecular weight excluding hydrogens is 196 g/mol. The summed E-state index contributed by atoms with van der Waals surface area (Å²) in [6.07, 6.45) is 10.5. The smallest absolute Gasteiger partial charge is 0.00970 e. The predicted molar refractivity (Wildman–Crippen MR) is 73.4 cm³/mol. The van der Waals surface area contributed by atoms with Crippen LogP contribution < -0.4 is 11.5 Å². The summed E-state index contributed by atoms with van der Waals surface area (Å²) in [5, 5.41) is 0. The van der Waals surface area contributed by atoms with Crippen LogP contribution in [-0.2, 0) is 0 Å². The highest BCUT2D eigenvalue weighted by molar-refractivity contribution is 4.70. The third-order valence-electron chi connectivity index (χ3n) is 3.17. The van der Waals surface area contributed by atoms with Crippen LogP contribution in [0.3, 0.4) is 0 Å². The van der Waals surface area contributed by atoms with Crippen molar-refractivity contribution >= 4 is 0 Å². The zero-order valence-corrected chi connectivity index (χ0v) is 11.6. The summed E-state index contributed by atoms with van der Waals surface area (Å²) in [6.45, 7) is 7.30. The summed E-state index contributed by atoms with van der Waals surface area (Å²) in [4.78, 5) is 0. The van der Waals surface area contributed by atoms with E-state index in [1.165, 1.54) is 44.9 Å². The van der Waals surface area contributed by atoms with Crippen molar-refractivity contribution in [1.82, 2.24) is 0 Å². The van der Waals surface area contributed by atoms with Crippen LogP contribution in [0.5, 0.6) is 0 Å². The van der Waals surface area contributed by atoms with Gasteiger partial charge >= 0.3 is 0 Å². The molecule has 0 aromatic carbocycles. The molecule has 0 aromatic heterocycles. The van der Waals surface area contributed by atoms with Crippen LogP contribution in [-0.4, -0.2) is 12.1 Å². The Labute approximate surface area is 102 Å². The molecule has 0 spiro atoms. The van der Waals surface area contributed by atoms with Crippen molar-refractivity contribution in [1.29, 1.82) is 0 Å². The fourth-order valence-electron chi connectivity index (χ4n) is 1.90. The fourth-order valence-corrected chi connectivity index (χ4v) is 1.90. The lowest BCUT2D eigenvalue weighted by molar-refractivity contribution is 0.437. The molecular formula is C14H32N2. The first-order chi connectivity index (χ1) is 7.45. The van der Waals surface area contributed by atoms with Crippen LogP contribution in [0.2, 0.25) is 0 Å². The Bertz CT molecular complexity index is 149. The van der Waals surface area contributed by atoms with Gasteiger partial charge in [-0.25, -0.2) is 0 Å². The molecule has 0 aliphatic rings. The number of rotatable bonds is 10. The molecule has 0 heterocycles. The van der Waals surface area contributed by atoms with Gasteiger partial charge < -0.3 is 11.5 Å². The van der Waals surface area contributed by atoms with Gasteiger partial charge in [-0.05, 0) is 39.2 Å². The van der Waals surface area contributed by atoms with Crippen molar-refractivity contribution in [3.05, 3.63) is 0 Å². The lowest BCUT2D eigenvalue weighted by Gasteiger charge is -2.17. The molecule has 98 valence electrons. The zero-order chi connectivity index (χ0) is 12.4. The lowest BCUT2D eigenvalue weighted by atomic mass is 9.97. The lowest BCUT2D eigenvalue weighted by Crippen LogP contribution is -2.31. The summed E-state index contributed by atoms with van der Waals surface area (Å²) >= 11 is 0. The van der Waals surface area contributed by atoms with E-state index in [2.05, 4.69) is 20.8 Å². The summed E-state index contributed by atoms with van der Waals surface area (Å²) in [7, 11) is 0. The minimum atomic E-state index is 0.0244. The first kappa shape index (κ1) is 15.9. The van der Waals surface area contributed by atoms with E-state index in [1.807, 2.05) is 0 Å². The van der Waals surface area contributed by atoms with Gasteiger partial charge in [0.15, 0.2) is 0 Å². The van der Waals surface area contributed by atoms with E-state index >= 15 is 0 Å². The van der Waals surface area contributed by atoms with Crippen molar-refractivity contribution in [2.45, 2.75) is 77.7 Å². The van der Waals surface area contributed by atoms with E-state index in [1.54, 1.807) is 0 Å². The van der Waals surface area contributed by atoms with Gasteiger partial charge in [0.05, 0.1) is 0 Å². The van der Waals surface area contributed by atoms with E-state index in [0.29, 0.717) is 5.92 Å². The maximum Gasteiger partial charge on any atom is 0.00970 e. The molecule has 0 aliphatic carbocycles. The Morgan fingerprint density at radius 3 is 1.94 bits per heavy atom. The summed E-state index contributed by atoms with van der Waals surface area (Å²) in [6, 6.07) is 0. The van der Waals surface area contributed by atoms with Crippen molar-refractivity contribution in [2.75, 3.05) is 6.54 Å². The maximum atomic E-state index is 5.93. The first-order valence-electron chi connectivity index (χ1n) is 6.94. The highest BCUT2D eigenvalue weighted by Crippen LogP contribution is 2.14. The van der Waals surface area contributed by atoms with Gasteiger partial charge in [-0.3, -0.25) is 0 Å². The van der Waals surface area contributed by atoms with Gasteiger partial charge in [0, 0.05) is 5.54 Å². The van der Waals surface area contributed by atoms with Gasteiger partial charge in [0.25, 0.3) is 0 Å². The van der Waals surface area contributed by atoms with Crippen LogP contribution in [0.15, 0.2) is 0 Å². The molecule has 0 fully saturated rings. The standard InChI is InChI=1S/C14H32N2/c1-13(12-15)10-8-6-4-5-7-9-11-14(2,3)16/h13H,4-12,15-16H2,1-3H3. The van der Waals surface area contributed by atoms with Crippen LogP contribution in [0.25, 0.3) is 0 Å². The van der Waals surface area contributed by atoms with Crippen LogP contribution in [0, 0.1) is 5.92 Å². The number of unbranched alkanes of at least 4 members (excludes halogenated alkanes) is 5. The second-order valence-electron chi connectivity index (χ2n) is 5.99. The summed E-state index contributed by atoms with van der Waals surface area (Å²) in [5.74, 6) is 0.707. The largest absolute Gasteiger partial charge is 0.330 e. The number of hydrogen-bond acceptors (Lipinski definition) is 2. The molecule has 0 amide bonds. The van der Waals surface area contributed by atoms with Gasteiger partial charge in [-0.15, -0.1) is 0 Å². The van der Waals surface area contributed by atoms with Gasteiger partial charge in [0.2, 0.25) is 0 Å². The van der Waals surface area contributed by atoms with E-state index in [0.717, 1.165) is 13.0 Å². The Hall–Kier alpha value is -0.0800. The first-order valence-corrected chi connectivity index (χ1v) is 6.94. The quantitative estimate of drug-likeness (QED) is 0.563. The Morgan fingerprint density at radius 2 is 1.44 bits per heavy atom. The predicted octanol–water partition coefficient (Wildman–Crippen LogP) is 3.44. The highest BCUT2D eigenvalue weighted by Gasteiger charge is 2.08. The van der Waals surface area contributed by atoms with E-state index in [4.69, 9.17) is 11.5 Å². The molecule has 0 saturated carbocycles. The molecule has 1 atom stereocenters. The molecule has 1 unspecified atom stereocenters. The normalized spacial score (nSPS) is 14.1. The second-order valence-corrected chi connectivity index (χ2v) is 5.99. The number of nitrogens with two attached hydrogens (primary N) is 2. The molecule has 0 rings (SSSR count). The molecule has 0 bridgehead atoms. The molecule has 0 aliphatic heterocycles. The molecule has 4 N–H and O–H groups in total. The molecule has 0 saturated heterocycles. The van der Waals surface area contributed by atoms with Crippen molar-refractivity contribution in [2.24, 2.45) is 17.4 Å². The monoisotopic (exact) mass is 228 g/mol. The molecule has 16 heavy (non-hydrogen) atoms. The SMILES string of the molecule is CC(CN)CCCCCCCCC(C)(C)N. The van der Waals surface area contributed by atoms with Crippen LogP contribution in [0.1, 0.15) is 72.1 Å². The maximum absolute atomic E-state index is 5.93. The van der Waals surface area contributed by atoms with Crippen LogP contribution >= 0.6 is 0 Å². The van der Waals surface area contributed by atoms with Crippen LogP contribution in [0.4, 0.5) is 0 Å². The molecule has 0 radical (unpaired) electrons. The van der Waals surface area contributed by atoms with Crippen molar-refractivity contribution in [3.63, 3.8) is 0 Å². The number of hydrogen-bond donors (Lipinski definition) is 2. The van der Waals surface area contributed by atoms with Gasteiger partial charge in [-0.2, -0.15) is 0 Å². The highest BCUT2D eigenvalue weighted by atomic mass is 14.7. The zero-order valence-electron chi connectivity index (χ0n) is 11.6. The topological polar surface area (TPSA) is 52.0 Å². The second kappa shape index (κ2) is 9.00. The average molecular weight is 228 g/mol. The minimum absolute atomic E-state index is 0.0244. The molecule has 2 heteroatoms. The van der Waals surface area contributed by atoms with Gasteiger partial charge in [-0.1, -0.05) is 45.4 Å². The summed E-state index contributed by atoms with van der Waals surface area (Å²) in [5.41, 5.74) is 11.5. The molecule has 2 nitrogen and oxygen atoms in total. The Balaban J connectivity index is 3.10. The third-order valence-corrected chi connectivity index (χ3v) is 3.17. The van der Waals surface area contributed by atoms with E-state index < -0.39 is 0 Å². The third kappa shape index (κ3) is 12.0. The fraction of sp³-hybridized carbons (Fsp3) is 1.00. The average Bonchev–Trinajstić information content (AvgIpc) is 2.20. The van der Waals surface area contributed by atoms with Crippen molar-refractivity contribution < 1.29 is 0 Å². The van der Waals surface area contributed by atoms with Gasteiger partial charge in [0.1, 0.15) is 0 Å². The summed E-state index contributed by atoms with van der Waals surface area (Å²) < 4.78 is 0. The minimum Gasteiger partial charge on any atom is -0.330 e. The molecule has 0 aromatic rings. The van der Waals surface area contributed by atoms with E-state index in [-0.39, 0.29) is 5.54 Å². The Kier molecular flexibility index (Phi) is 8.96.